The summed E-state index contributed by atoms with van der Waals surface area (Å²) in [6.07, 6.45) is 0. The van der Waals surface area contributed by atoms with Crippen molar-refractivity contribution in [3.8, 4) is 56.4 Å². The maximum absolute atomic E-state index is 9.51. The fourth-order valence-corrected chi connectivity index (χ4v) is 6.10. The molecule has 9 aromatic rings. The molecular weight excluding hydrogens is 583 g/mol. The Bertz CT molecular complexity index is 3120. The van der Waals surface area contributed by atoms with Gasteiger partial charge in [-0.3, -0.25) is 0 Å². The van der Waals surface area contributed by atoms with E-state index in [0.717, 1.165) is 33.0 Å². The Morgan fingerprint density at radius 1 is 0.354 bits per heavy atom. The van der Waals surface area contributed by atoms with Gasteiger partial charge in [0.2, 0.25) is 0 Å². The summed E-state index contributed by atoms with van der Waals surface area (Å²) in [5, 5.41) is 1.37. The van der Waals surface area contributed by atoms with Crippen LogP contribution in [0.5, 0.6) is 0 Å². The summed E-state index contributed by atoms with van der Waals surface area (Å²) < 4.78 is 79.2. The van der Waals surface area contributed by atoms with Crippen LogP contribution in [-0.4, -0.2) is 15.0 Å². The van der Waals surface area contributed by atoms with E-state index in [0.29, 0.717) is 11.1 Å². The molecule has 0 aliphatic carbocycles. The van der Waals surface area contributed by atoms with Gasteiger partial charge in [0.25, 0.3) is 0 Å². The fraction of sp³-hybridized carbons (Fsp3) is 0. The van der Waals surface area contributed by atoms with Crippen LogP contribution in [0.25, 0.3) is 88.7 Å². The standard InChI is InChI=1S/C45H29N3/c1-3-12-30(13-4-1)38-26-27-39(41-21-10-9-20-40(38)41)34-17-11-18-35(28-34)44-46-43(33-15-5-2-6-16-33)47-45(48-44)36-25-24-32-23-22-31-14-7-8-19-37(31)42(32)29-36/h1-29H/i7D,8D,14D,19D,22D,23D,24D,25D,29D. The summed E-state index contributed by atoms with van der Waals surface area (Å²) in [4.78, 5) is 14.4. The number of nitrogens with zero attached hydrogens (tertiary/aromatic N) is 3. The molecule has 0 aliphatic heterocycles. The SMILES string of the molecule is [2H]c1c([2H])c([2H])c2c(c1[2H])c([2H])c([2H])c1c([2H])c([2H])c(-c3nc(-c4ccccc4)nc(-c4cccc(-c5ccc(-c6ccccc6)c6ccccc56)c4)n3)c([2H])c12. The van der Waals surface area contributed by atoms with Crippen molar-refractivity contribution in [2.75, 3.05) is 0 Å². The van der Waals surface area contributed by atoms with Crippen LogP contribution in [0.1, 0.15) is 12.3 Å². The molecule has 1 heterocycles. The number of hydrogen-bond acceptors (Lipinski definition) is 3. The second-order valence-electron chi connectivity index (χ2n) is 11.3. The summed E-state index contributed by atoms with van der Waals surface area (Å²) in [7, 11) is 0. The zero-order valence-corrected chi connectivity index (χ0v) is 25.4. The van der Waals surface area contributed by atoms with Gasteiger partial charge in [-0.05, 0) is 66.7 Å². The van der Waals surface area contributed by atoms with Gasteiger partial charge in [0, 0.05) is 16.7 Å². The smallest absolute Gasteiger partial charge is 0.164 e. The van der Waals surface area contributed by atoms with Gasteiger partial charge in [0.15, 0.2) is 17.5 Å². The number of benzene rings is 8. The first-order chi connectivity index (χ1) is 27.5. The van der Waals surface area contributed by atoms with Crippen LogP contribution in [0.4, 0.5) is 0 Å². The Balaban J connectivity index is 1.29. The lowest BCUT2D eigenvalue weighted by Gasteiger charge is -2.13. The normalized spacial score (nSPS) is 14.0. The molecule has 48 heavy (non-hydrogen) atoms. The van der Waals surface area contributed by atoms with Gasteiger partial charge in [-0.15, -0.1) is 0 Å². The molecule has 0 unspecified atom stereocenters. The highest BCUT2D eigenvalue weighted by Gasteiger charge is 2.15. The van der Waals surface area contributed by atoms with Crippen LogP contribution in [0.2, 0.25) is 0 Å². The quantitative estimate of drug-likeness (QED) is 0.180. The molecule has 0 radical (unpaired) electrons. The van der Waals surface area contributed by atoms with Gasteiger partial charge in [0.1, 0.15) is 0 Å². The number of rotatable bonds is 5. The van der Waals surface area contributed by atoms with E-state index in [4.69, 9.17) is 25.9 Å². The average molecular weight is 621 g/mol. The Morgan fingerprint density at radius 3 is 1.60 bits per heavy atom. The summed E-state index contributed by atoms with van der Waals surface area (Å²) in [6.45, 7) is 0. The summed E-state index contributed by atoms with van der Waals surface area (Å²) in [5.74, 6) is 0.396. The van der Waals surface area contributed by atoms with Crippen molar-refractivity contribution >= 4 is 32.3 Å². The third kappa shape index (κ3) is 4.99. The van der Waals surface area contributed by atoms with Gasteiger partial charge in [0.05, 0.1) is 12.3 Å². The molecule has 0 amide bonds. The molecule has 0 fully saturated rings. The molecular formula is C45H29N3. The van der Waals surface area contributed by atoms with Gasteiger partial charge < -0.3 is 0 Å². The zero-order valence-electron chi connectivity index (χ0n) is 34.4. The minimum absolute atomic E-state index is 0.0946. The maximum Gasteiger partial charge on any atom is 0.164 e. The lowest BCUT2D eigenvalue weighted by atomic mass is 9.91. The van der Waals surface area contributed by atoms with Crippen molar-refractivity contribution in [3.63, 3.8) is 0 Å². The van der Waals surface area contributed by atoms with Crippen molar-refractivity contribution in [1.82, 2.24) is 15.0 Å². The summed E-state index contributed by atoms with van der Waals surface area (Å²) in [6, 6.07) is 35.1. The van der Waals surface area contributed by atoms with Gasteiger partial charge in [-0.1, -0.05) is 164 Å². The van der Waals surface area contributed by atoms with Gasteiger partial charge in [-0.2, -0.15) is 0 Å². The molecule has 0 atom stereocenters. The monoisotopic (exact) mass is 620 g/mol. The maximum atomic E-state index is 9.51. The van der Waals surface area contributed by atoms with Gasteiger partial charge >= 0.3 is 0 Å². The predicted octanol–water partition coefficient (Wildman–Crippen LogP) is 11.7. The first-order valence-electron chi connectivity index (χ1n) is 20.0. The van der Waals surface area contributed by atoms with Gasteiger partial charge in [-0.25, -0.2) is 15.0 Å². The van der Waals surface area contributed by atoms with E-state index in [9.17, 15) is 1.37 Å². The molecule has 224 valence electrons. The molecule has 8 aromatic carbocycles. The van der Waals surface area contributed by atoms with Crippen molar-refractivity contribution in [3.05, 3.63) is 176 Å². The van der Waals surface area contributed by atoms with Crippen LogP contribution in [0.3, 0.4) is 0 Å². The molecule has 0 aliphatic rings. The van der Waals surface area contributed by atoms with Crippen LogP contribution in [-0.2, 0) is 0 Å². The number of aromatic nitrogens is 3. The highest BCUT2D eigenvalue weighted by Crippen LogP contribution is 2.37. The first-order valence-corrected chi connectivity index (χ1v) is 15.5. The van der Waals surface area contributed by atoms with E-state index in [1.807, 2.05) is 84.9 Å². The Morgan fingerprint density at radius 2 is 0.875 bits per heavy atom. The van der Waals surface area contributed by atoms with Crippen LogP contribution < -0.4 is 0 Å². The van der Waals surface area contributed by atoms with E-state index in [1.165, 1.54) is 0 Å². The van der Waals surface area contributed by atoms with Crippen molar-refractivity contribution in [1.29, 1.82) is 0 Å². The van der Waals surface area contributed by atoms with Crippen LogP contribution in [0.15, 0.2) is 176 Å². The molecule has 3 heteroatoms. The molecule has 0 bridgehead atoms. The van der Waals surface area contributed by atoms with Crippen molar-refractivity contribution < 1.29 is 12.3 Å². The summed E-state index contributed by atoms with van der Waals surface area (Å²) >= 11 is 0. The van der Waals surface area contributed by atoms with E-state index in [1.54, 1.807) is 0 Å². The summed E-state index contributed by atoms with van der Waals surface area (Å²) in [5.41, 5.74) is 5.22. The molecule has 0 saturated carbocycles. The number of fused-ring (bicyclic) bond motifs is 4. The lowest BCUT2D eigenvalue weighted by Crippen LogP contribution is -2.00. The average Bonchev–Trinajstić information content (AvgIpc) is 3.25. The highest BCUT2D eigenvalue weighted by molar-refractivity contribution is 6.08. The second kappa shape index (κ2) is 11.7. The van der Waals surface area contributed by atoms with Crippen molar-refractivity contribution in [2.45, 2.75) is 0 Å². The third-order valence-electron chi connectivity index (χ3n) is 8.39. The van der Waals surface area contributed by atoms with E-state index >= 15 is 0 Å². The Kier molecular flexibility index (Phi) is 4.87. The second-order valence-corrected chi connectivity index (χ2v) is 11.3. The molecule has 3 nitrogen and oxygen atoms in total. The number of hydrogen-bond donors (Lipinski definition) is 0. The van der Waals surface area contributed by atoms with Crippen molar-refractivity contribution in [2.24, 2.45) is 0 Å². The molecule has 0 N–H and O–H groups in total. The first kappa shape index (κ1) is 19.9. The third-order valence-corrected chi connectivity index (χ3v) is 8.39. The predicted molar refractivity (Wildman–Crippen MR) is 200 cm³/mol. The Labute approximate surface area is 291 Å². The minimum Gasteiger partial charge on any atom is -0.208 e. The fourth-order valence-electron chi connectivity index (χ4n) is 6.10. The molecule has 9 rings (SSSR count). The Hall–Kier alpha value is -6.45. The van der Waals surface area contributed by atoms with E-state index in [2.05, 4.69) is 36.4 Å². The molecule has 1 aromatic heterocycles. The zero-order chi connectivity index (χ0) is 39.7. The lowest BCUT2D eigenvalue weighted by molar-refractivity contribution is 1.07. The van der Waals surface area contributed by atoms with E-state index < -0.39 is 54.4 Å². The molecule has 0 spiro atoms. The van der Waals surface area contributed by atoms with Crippen LogP contribution in [0, 0.1) is 0 Å². The van der Waals surface area contributed by atoms with Crippen LogP contribution >= 0.6 is 0 Å². The highest BCUT2D eigenvalue weighted by atomic mass is 15.0. The molecule has 0 saturated heterocycles. The topological polar surface area (TPSA) is 38.7 Å². The minimum atomic E-state index is -0.579. The largest absolute Gasteiger partial charge is 0.208 e. The van der Waals surface area contributed by atoms with E-state index in [-0.39, 0.29) is 44.6 Å².